The molecule has 0 saturated carbocycles. The van der Waals surface area contributed by atoms with E-state index in [9.17, 15) is 14.3 Å². The maximum Gasteiger partial charge on any atom is 0.276 e. The summed E-state index contributed by atoms with van der Waals surface area (Å²) in [6, 6.07) is 4.99. The summed E-state index contributed by atoms with van der Waals surface area (Å²) in [5.74, 6) is 0.543. The number of hydrogen-bond acceptors (Lipinski definition) is 9. The number of nitrogens with zero attached hydrogens (tertiary/aromatic N) is 5. The molecule has 3 aliphatic heterocycles. The minimum Gasteiger partial charge on any atom is -0.484 e. The molecule has 6 rings (SSSR count). The number of β-amino-alcohol motifs (C(OH)–C–C–N with tert-alkyl or cyclic N) is 1. The number of ether oxygens (including phenoxy) is 2. The second-order valence-corrected chi connectivity index (χ2v) is 9.14. The van der Waals surface area contributed by atoms with Gasteiger partial charge in [-0.3, -0.25) is 9.69 Å². The molecule has 1 atom stereocenters. The van der Waals surface area contributed by atoms with Gasteiger partial charge in [-0.1, -0.05) is 0 Å². The van der Waals surface area contributed by atoms with E-state index in [2.05, 4.69) is 25.4 Å². The van der Waals surface area contributed by atoms with Crippen molar-refractivity contribution in [1.82, 2.24) is 30.0 Å². The first-order valence-corrected chi connectivity index (χ1v) is 11.5. The van der Waals surface area contributed by atoms with Crippen LogP contribution in [0.3, 0.4) is 0 Å². The molecule has 0 bridgehead atoms. The van der Waals surface area contributed by atoms with Gasteiger partial charge in [-0.2, -0.15) is 5.10 Å². The van der Waals surface area contributed by atoms with Gasteiger partial charge in [-0.25, -0.2) is 9.37 Å². The number of halogens is 1. The quantitative estimate of drug-likeness (QED) is 0.554. The molecule has 178 valence electrons. The van der Waals surface area contributed by atoms with Gasteiger partial charge in [0.1, 0.15) is 24.6 Å². The van der Waals surface area contributed by atoms with Crippen LogP contribution in [0.25, 0.3) is 11.0 Å². The highest BCUT2D eigenvalue weighted by Gasteiger charge is 2.43. The van der Waals surface area contributed by atoms with E-state index >= 15 is 0 Å². The van der Waals surface area contributed by atoms with E-state index in [-0.39, 0.29) is 30.3 Å². The monoisotopic (exact) mass is 468 g/mol. The fraction of sp³-hybridized carbons (Fsp3) is 0.478. The van der Waals surface area contributed by atoms with Crippen molar-refractivity contribution in [2.45, 2.75) is 37.6 Å². The minimum absolute atomic E-state index is 0.0298. The molecule has 1 aromatic carbocycles. The molecule has 10 nitrogen and oxygen atoms in total. The number of hydrogen-bond donors (Lipinski definition) is 2. The normalized spacial score (nSPS) is 22.4. The number of nitrogens with one attached hydrogen (secondary N) is 1. The maximum atomic E-state index is 14.8. The SMILES string of the molecule is O=c1cnc2ccc(F)c3c2n1CC3(O)CN1CCC(NCc2cc3c(nn2)OCCO3)CC1. The Morgan fingerprint density at radius 1 is 1.21 bits per heavy atom. The molecule has 2 aromatic heterocycles. The second-order valence-electron chi connectivity index (χ2n) is 9.14. The van der Waals surface area contributed by atoms with Gasteiger partial charge in [-0.05, 0) is 38.1 Å². The van der Waals surface area contributed by atoms with Crippen LogP contribution in [0.4, 0.5) is 4.39 Å². The number of aromatic nitrogens is 4. The Hall–Kier alpha value is -3.15. The molecule has 11 heteroatoms. The van der Waals surface area contributed by atoms with Crippen LogP contribution < -0.4 is 20.3 Å². The van der Waals surface area contributed by atoms with Crippen LogP contribution in [0.1, 0.15) is 24.1 Å². The maximum absolute atomic E-state index is 14.8. The Morgan fingerprint density at radius 3 is 2.88 bits per heavy atom. The highest BCUT2D eigenvalue weighted by Crippen LogP contribution is 2.38. The molecule has 1 saturated heterocycles. The van der Waals surface area contributed by atoms with Crippen molar-refractivity contribution in [3.05, 3.63) is 51.8 Å². The second kappa shape index (κ2) is 8.26. The summed E-state index contributed by atoms with van der Waals surface area (Å²) in [5, 5.41) is 23.3. The van der Waals surface area contributed by atoms with Crippen molar-refractivity contribution in [3.63, 3.8) is 0 Å². The molecule has 2 N–H and O–H groups in total. The molecule has 3 aromatic rings. The fourth-order valence-corrected chi connectivity index (χ4v) is 5.20. The van der Waals surface area contributed by atoms with Crippen LogP contribution in [0, 0.1) is 5.82 Å². The lowest BCUT2D eigenvalue weighted by Gasteiger charge is -2.37. The van der Waals surface area contributed by atoms with Crippen molar-refractivity contribution in [1.29, 1.82) is 0 Å². The predicted molar refractivity (Wildman–Crippen MR) is 119 cm³/mol. The van der Waals surface area contributed by atoms with Gasteiger partial charge in [-0.15, -0.1) is 5.10 Å². The van der Waals surface area contributed by atoms with Gasteiger partial charge in [0.05, 0.1) is 29.5 Å². The number of rotatable bonds is 5. The first kappa shape index (κ1) is 21.4. The average molecular weight is 468 g/mol. The van der Waals surface area contributed by atoms with Gasteiger partial charge in [0.15, 0.2) is 5.75 Å². The van der Waals surface area contributed by atoms with Crippen LogP contribution in [0.5, 0.6) is 11.6 Å². The zero-order valence-corrected chi connectivity index (χ0v) is 18.5. The number of piperidine rings is 1. The number of aliphatic hydroxyl groups is 1. The Kier molecular flexibility index (Phi) is 5.19. The lowest BCUT2D eigenvalue weighted by molar-refractivity contribution is -0.0159. The lowest BCUT2D eigenvalue weighted by Crippen LogP contribution is -2.48. The molecule has 3 aliphatic rings. The molecule has 0 aliphatic carbocycles. The molecular formula is C23H25FN6O4. The topological polar surface area (TPSA) is 115 Å². The highest BCUT2D eigenvalue weighted by molar-refractivity contribution is 5.81. The Labute approximate surface area is 194 Å². The predicted octanol–water partition coefficient (Wildman–Crippen LogP) is 0.552. The third-order valence-corrected chi connectivity index (χ3v) is 6.84. The van der Waals surface area contributed by atoms with E-state index < -0.39 is 11.4 Å². The molecular weight excluding hydrogens is 443 g/mol. The van der Waals surface area contributed by atoms with E-state index in [0.717, 1.165) is 31.6 Å². The summed E-state index contributed by atoms with van der Waals surface area (Å²) in [4.78, 5) is 18.6. The van der Waals surface area contributed by atoms with Gasteiger partial charge in [0.2, 0.25) is 0 Å². The van der Waals surface area contributed by atoms with E-state index in [4.69, 9.17) is 9.47 Å². The largest absolute Gasteiger partial charge is 0.484 e. The standard InChI is InChI=1S/C23H25FN6O4/c24-16-1-2-17-21-20(16)23(32,13-30(21)19(31)11-26-17)12-29-5-3-14(4-6-29)25-10-15-9-18-22(28-27-15)34-8-7-33-18/h1-2,9,11,14,25,32H,3-8,10,12-13H2. The average Bonchev–Trinajstić information content (AvgIpc) is 3.17. The summed E-state index contributed by atoms with van der Waals surface area (Å²) in [6.45, 7) is 3.32. The molecule has 5 heterocycles. The highest BCUT2D eigenvalue weighted by atomic mass is 19.1. The van der Waals surface area contributed by atoms with Crippen LogP contribution in [-0.2, 0) is 18.7 Å². The third-order valence-electron chi connectivity index (χ3n) is 6.84. The van der Waals surface area contributed by atoms with Crippen LogP contribution in [0.15, 0.2) is 29.2 Å². The first-order chi connectivity index (χ1) is 16.5. The summed E-state index contributed by atoms with van der Waals surface area (Å²) < 4.78 is 27.2. The summed E-state index contributed by atoms with van der Waals surface area (Å²) in [5.41, 5.74) is 0.0596. The van der Waals surface area contributed by atoms with Crippen molar-refractivity contribution < 1.29 is 19.0 Å². The Morgan fingerprint density at radius 2 is 2.03 bits per heavy atom. The van der Waals surface area contributed by atoms with E-state index in [1.165, 1.54) is 16.8 Å². The fourth-order valence-electron chi connectivity index (χ4n) is 5.20. The Balaban J connectivity index is 1.09. The summed E-state index contributed by atoms with van der Waals surface area (Å²) in [6.07, 6.45) is 2.96. The lowest BCUT2D eigenvalue weighted by atomic mass is 9.93. The van der Waals surface area contributed by atoms with Crippen molar-refractivity contribution in [2.75, 3.05) is 32.8 Å². The molecule has 1 fully saturated rings. The van der Waals surface area contributed by atoms with Crippen LogP contribution in [-0.4, -0.2) is 68.6 Å². The molecule has 0 radical (unpaired) electrons. The molecule has 0 spiro atoms. The third kappa shape index (κ3) is 3.69. The molecule has 34 heavy (non-hydrogen) atoms. The Bertz CT molecular complexity index is 1310. The molecule has 1 unspecified atom stereocenters. The van der Waals surface area contributed by atoms with Gasteiger partial charge >= 0.3 is 0 Å². The number of fused-ring (bicyclic) bond motifs is 1. The van der Waals surface area contributed by atoms with Crippen LogP contribution in [0.2, 0.25) is 0 Å². The van der Waals surface area contributed by atoms with Crippen molar-refractivity contribution >= 4 is 11.0 Å². The van der Waals surface area contributed by atoms with E-state index in [1.54, 1.807) is 6.07 Å². The smallest absolute Gasteiger partial charge is 0.276 e. The van der Waals surface area contributed by atoms with Crippen LogP contribution >= 0.6 is 0 Å². The van der Waals surface area contributed by atoms with Gasteiger partial charge < -0.3 is 24.5 Å². The van der Waals surface area contributed by atoms with E-state index in [0.29, 0.717) is 42.4 Å². The van der Waals surface area contributed by atoms with Gasteiger partial charge in [0.25, 0.3) is 11.4 Å². The summed E-state index contributed by atoms with van der Waals surface area (Å²) >= 11 is 0. The van der Waals surface area contributed by atoms with E-state index in [1.807, 2.05) is 6.07 Å². The zero-order valence-electron chi connectivity index (χ0n) is 18.5. The van der Waals surface area contributed by atoms with Crippen molar-refractivity contribution in [2.24, 2.45) is 0 Å². The first-order valence-electron chi connectivity index (χ1n) is 11.5. The van der Waals surface area contributed by atoms with Gasteiger partial charge in [0, 0.05) is 30.8 Å². The number of benzene rings is 1. The molecule has 0 amide bonds. The number of likely N-dealkylation sites (tertiary alicyclic amines) is 1. The summed E-state index contributed by atoms with van der Waals surface area (Å²) in [7, 11) is 0. The zero-order chi connectivity index (χ0) is 23.3. The van der Waals surface area contributed by atoms with Crippen molar-refractivity contribution in [3.8, 4) is 11.6 Å². The minimum atomic E-state index is -1.47.